The van der Waals surface area contributed by atoms with Gasteiger partial charge in [-0.3, -0.25) is 0 Å². The van der Waals surface area contributed by atoms with E-state index >= 15 is 0 Å². The van der Waals surface area contributed by atoms with E-state index in [4.69, 9.17) is 5.11 Å². The fourth-order valence-electron chi connectivity index (χ4n) is 0.111. The molecule has 0 saturated heterocycles. The molecule has 0 aromatic heterocycles. The number of carboxylic acid groups (broad SMARTS) is 1. The molecule has 0 heterocycles. The van der Waals surface area contributed by atoms with Gasteiger partial charge >= 0.3 is 11.8 Å². The van der Waals surface area contributed by atoms with Gasteiger partial charge < -0.3 is 5.11 Å². The monoisotopic (exact) mass is 144 g/mol. The van der Waals surface area contributed by atoms with Gasteiger partial charge in [-0.1, -0.05) is 0 Å². The van der Waals surface area contributed by atoms with E-state index in [0.717, 1.165) is 0 Å². The Kier molecular flexibility index (Phi) is 2.44. The number of alkyl halides is 2. The molecular formula is C3H3F3O3. The number of carbonyl (C=O) groups is 1. The average Bonchev–Trinajstić information content (AvgIpc) is 1.86. The van der Waals surface area contributed by atoms with E-state index in [-0.39, 0.29) is 0 Å². The van der Waals surface area contributed by atoms with Crippen molar-refractivity contribution in [2.45, 2.75) is 5.85 Å². The van der Waals surface area contributed by atoms with Gasteiger partial charge in [0.25, 0.3) is 0 Å². The van der Waals surface area contributed by atoms with E-state index in [1.165, 1.54) is 0 Å². The van der Waals surface area contributed by atoms with Crippen LogP contribution in [0.2, 0.25) is 0 Å². The quantitative estimate of drug-likeness (QED) is 0.631. The van der Waals surface area contributed by atoms with Crippen LogP contribution < -0.4 is 0 Å². The summed E-state index contributed by atoms with van der Waals surface area (Å²) >= 11 is 0. The van der Waals surface area contributed by atoms with Gasteiger partial charge in [-0.2, -0.15) is 4.39 Å². The van der Waals surface area contributed by atoms with Crippen molar-refractivity contribution in [3.05, 3.63) is 0 Å². The van der Waals surface area contributed by atoms with Crippen LogP contribution in [0, 0.1) is 0 Å². The molecule has 0 spiro atoms. The SMILES string of the molecule is O=C(O)[C@](F)(CF)OF. The summed E-state index contributed by atoms with van der Waals surface area (Å²) in [6.07, 6.45) is 0. The molecule has 1 atom stereocenters. The Morgan fingerprint density at radius 1 is 1.78 bits per heavy atom. The molecule has 0 aromatic rings. The molecule has 0 saturated carbocycles. The van der Waals surface area contributed by atoms with Crippen molar-refractivity contribution < 1.29 is 28.1 Å². The summed E-state index contributed by atoms with van der Waals surface area (Å²) in [6, 6.07) is 0. The molecule has 54 valence electrons. The van der Waals surface area contributed by atoms with Gasteiger partial charge in [-0.15, -0.1) is 4.94 Å². The van der Waals surface area contributed by atoms with Crippen LogP contribution in [0.25, 0.3) is 0 Å². The topological polar surface area (TPSA) is 46.5 Å². The first-order chi connectivity index (χ1) is 4.06. The highest BCUT2D eigenvalue weighted by Crippen LogP contribution is 2.14. The van der Waals surface area contributed by atoms with Gasteiger partial charge in [0.15, 0.2) is 6.67 Å². The molecule has 0 amide bonds. The molecule has 0 aliphatic rings. The molecule has 6 heteroatoms. The zero-order chi connectivity index (χ0) is 7.49. The van der Waals surface area contributed by atoms with E-state index in [1.54, 1.807) is 0 Å². The highest BCUT2D eigenvalue weighted by Gasteiger charge is 2.42. The second kappa shape index (κ2) is 2.67. The minimum Gasteiger partial charge on any atom is -0.477 e. The van der Waals surface area contributed by atoms with Crippen LogP contribution in [0.1, 0.15) is 0 Å². The van der Waals surface area contributed by atoms with Crippen molar-refractivity contribution in [1.29, 1.82) is 0 Å². The number of aliphatic carboxylic acids is 1. The van der Waals surface area contributed by atoms with Gasteiger partial charge in [-0.25, -0.2) is 9.18 Å². The highest BCUT2D eigenvalue weighted by molar-refractivity contribution is 5.75. The molecule has 0 aliphatic carbocycles. The molecule has 3 nitrogen and oxygen atoms in total. The summed E-state index contributed by atoms with van der Waals surface area (Å²) in [6.45, 7) is -2.06. The van der Waals surface area contributed by atoms with Crippen LogP contribution in [0.4, 0.5) is 13.3 Å². The van der Waals surface area contributed by atoms with Crippen LogP contribution in [-0.4, -0.2) is 23.6 Å². The third-order valence-electron chi connectivity index (χ3n) is 0.614. The van der Waals surface area contributed by atoms with Gasteiger partial charge in [0.1, 0.15) is 0 Å². The predicted octanol–water partition coefficient (Wildman–Crippen LogP) is 0.607. The van der Waals surface area contributed by atoms with Crippen molar-refractivity contribution in [2.75, 3.05) is 6.67 Å². The Morgan fingerprint density at radius 2 is 2.22 bits per heavy atom. The standard InChI is InChI=1S/C3H3F3O3/c4-1-3(5,9-6)2(7)8/h1H2,(H,7,8)/t3-/m0/s1. The van der Waals surface area contributed by atoms with E-state index < -0.39 is 18.5 Å². The molecule has 0 aliphatic heterocycles. The first kappa shape index (κ1) is 8.22. The maximum Gasteiger partial charge on any atom is 0.375 e. The van der Waals surface area contributed by atoms with Crippen molar-refractivity contribution >= 4 is 5.97 Å². The fourth-order valence-corrected chi connectivity index (χ4v) is 0.111. The van der Waals surface area contributed by atoms with Crippen LogP contribution in [0.3, 0.4) is 0 Å². The molecular weight excluding hydrogens is 141 g/mol. The van der Waals surface area contributed by atoms with Gasteiger partial charge in [0, 0.05) is 0 Å². The van der Waals surface area contributed by atoms with Crippen LogP contribution in [-0.2, 0) is 9.74 Å². The fraction of sp³-hybridized carbons (Fsp3) is 0.667. The van der Waals surface area contributed by atoms with E-state index in [1.807, 2.05) is 0 Å². The Hall–Kier alpha value is -0.780. The maximum atomic E-state index is 11.8. The van der Waals surface area contributed by atoms with Gasteiger partial charge in [0.2, 0.25) is 0 Å². The average molecular weight is 144 g/mol. The third kappa shape index (κ3) is 1.56. The van der Waals surface area contributed by atoms with Crippen LogP contribution in [0.15, 0.2) is 0 Å². The van der Waals surface area contributed by atoms with E-state index in [9.17, 15) is 18.1 Å². The van der Waals surface area contributed by atoms with Crippen molar-refractivity contribution in [3.8, 4) is 0 Å². The van der Waals surface area contributed by atoms with E-state index in [0.29, 0.717) is 0 Å². The number of rotatable bonds is 3. The second-order valence-corrected chi connectivity index (χ2v) is 1.24. The van der Waals surface area contributed by atoms with Gasteiger partial charge in [0.05, 0.1) is 0 Å². The van der Waals surface area contributed by atoms with Crippen molar-refractivity contribution in [2.24, 2.45) is 0 Å². The molecule has 1 N–H and O–H groups in total. The summed E-state index contributed by atoms with van der Waals surface area (Å²) < 4.78 is 33.8. The molecule has 9 heavy (non-hydrogen) atoms. The predicted molar refractivity (Wildman–Crippen MR) is 19.6 cm³/mol. The molecule has 0 radical (unpaired) electrons. The Labute approximate surface area is 47.9 Å². The normalized spacial score (nSPS) is 16.8. The lowest BCUT2D eigenvalue weighted by atomic mass is 10.4. The van der Waals surface area contributed by atoms with E-state index in [2.05, 4.69) is 4.94 Å². The van der Waals surface area contributed by atoms with Crippen molar-refractivity contribution in [1.82, 2.24) is 0 Å². The first-order valence-electron chi connectivity index (χ1n) is 1.85. The first-order valence-corrected chi connectivity index (χ1v) is 1.85. The molecule has 0 bridgehead atoms. The van der Waals surface area contributed by atoms with Crippen molar-refractivity contribution in [3.63, 3.8) is 0 Å². The number of carboxylic acids is 1. The summed E-state index contributed by atoms with van der Waals surface area (Å²) in [7, 11) is 0. The van der Waals surface area contributed by atoms with Crippen LogP contribution in [0.5, 0.6) is 0 Å². The summed E-state index contributed by atoms with van der Waals surface area (Å²) in [4.78, 5) is 11.7. The number of hydrogen-bond donors (Lipinski definition) is 1. The second-order valence-electron chi connectivity index (χ2n) is 1.24. The van der Waals surface area contributed by atoms with Crippen LogP contribution >= 0.6 is 0 Å². The van der Waals surface area contributed by atoms with Gasteiger partial charge in [-0.05, 0) is 4.53 Å². The zero-order valence-electron chi connectivity index (χ0n) is 4.10. The third-order valence-corrected chi connectivity index (χ3v) is 0.614. The summed E-state index contributed by atoms with van der Waals surface area (Å²) in [5, 5.41) is 7.65. The Morgan fingerprint density at radius 3 is 2.22 bits per heavy atom. The Bertz CT molecular complexity index is 111. The summed E-state index contributed by atoms with van der Waals surface area (Å²) in [5.41, 5.74) is 0. The highest BCUT2D eigenvalue weighted by atomic mass is 19.3. The number of hydrogen-bond acceptors (Lipinski definition) is 2. The number of halogens is 3. The minimum absolute atomic E-state index is 2.06. The molecule has 0 fully saturated rings. The molecule has 0 rings (SSSR count). The summed E-state index contributed by atoms with van der Waals surface area (Å²) in [5.74, 6) is -6.16. The smallest absolute Gasteiger partial charge is 0.375 e. The Balaban J connectivity index is 4.09. The lowest BCUT2D eigenvalue weighted by Gasteiger charge is -2.08. The largest absolute Gasteiger partial charge is 0.477 e. The zero-order valence-corrected chi connectivity index (χ0v) is 4.10. The lowest BCUT2D eigenvalue weighted by Crippen LogP contribution is -2.36. The lowest BCUT2D eigenvalue weighted by molar-refractivity contribution is -0.291. The minimum atomic E-state index is -3.83. The maximum absolute atomic E-state index is 11.8. The molecule has 0 unspecified atom stereocenters. The molecule has 0 aromatic carbocycles.